The molecule has 0 amide bonds. The minimum atomic E-state index is -0.175. The molecule has 0 saturated heterocycles. The zero-order chi connectivity index (χ0) is 13.8. The summed E-state index contributed by atoms with van der Waals surface area (Å²) in [6, 6.07) is 5.88. The average molecular weight is 278 g/mol. The highest BCUT2D eigenvalue weighted by Gasteiger charge is 2.08. The van der Waals surface area contributed by atoms with E-state index in [4.69, 9.17) is 4.74 Å². The maximum Gasteiger partial charge on any atom is 0.310 e. The molecule has 1 aromatic heterocycles. The highest BCUT2D eigenvalue weighted by molar-refractivity contribution is 7.22. The van der Waals surface area contributed by atoms with Crippen LogP contribution < -0.4 is 5.32 Å². The zero-order valence-electron chi connectivity index (χ0n) is 11.4. The molecule has 0 atom stereocenters. The summed E-state index contributed by atoms with van der Waals surface area (Å²) in [6.45, 7) is 4.53. The predicted molar refractivity (Wildman–Crippen MR) is 78.7 cm³/mol. The van der Waals surface area contributed by atoms with Gasteiger partial charge in [0.15, 0.2) is 5.13 Å². The number of nitrogens with one attached hydrogen (secondary N) is 1. The number of ether oxygens (including phenoxy) is 1. The summed E-state index contributed by atoms with van der Waals surface area (Å²) in [5.74, 6) is 0.192. The summed E-state index contributed by atoms with van der Waals surface area (Å²) in [4.78, 5) is 16.1. The summed E-state index contributed by atoms with van der Waals surface area (Å²) in [7, 11) is 1.85. The lowest BCUT2D eigenvalue weighted by Gasteiger charge is -2.06. The van der Waals surface area contributed by atoms with Crippen molar-refractivity contribution < 1.29 is 9.53 Å². The average Bonchev–Trinajstić information content (AvgIpc) is 2.78. The molecule has 4 nitrogen and oxygen atoms in total. The fraction of sp³-hybridized carbons (Fsp3) is 0.429. The fourth-order valence-electron chi connectivity index (χ4n) is 1.66. The van der Waals surface area contributed by atoms with E-state index in [1.54, 1.807) is 11.3 Å². The number of rotatable bonds is 5. The molecule has 0 aliphatic carbocycles. The normalized spacial score (nSPS) is 10.9. The van der Waals surface area contributed by atoms with Gasteiger partial charge in [-0.1, -0.05) is 31.3 Å². The second kappa shape index (κ2) is 6.02. The van der Waals surface area contributed by atoms with Gasteiger partial charge in [-0.15, -0.1) is 0 Å². The Morgan fingerprint density at radius 3 is 2.95 bits per heavy atom. The first kappa shape index (κ1) is 13.8. The second-order valence-electron chi connectivity index (χ2n) is 4.82. The van der Waals surface area contributed by atoms with Crippen LogP contribution in [-0.2, 0) is 16.0 Å². The van der Waals surface area contributed by atoms with Crippen molar-refractivity contribution in [1.29, 1.82) is 0 Å². The van der Waals surface area contributed by atoms with Crippen molar-refractivity contribution in [2.75, 3.05) is 19.0 Å². The monoisotopic (exact) mass is 278 g/mol. The van der Waals surface area contributed by atoms with Crippen molar-refractivity contribution in [2.45, 2.75) is 20.3 Å². The third kappa shape index (κ3) is 3.67. The Kier molecular flexibility index (Phi) is 4.37. The van der Waals surface area contributed by atoms with Crippen molar-refractivity contribution in [1.82, 2.24) is 4.98 Å². The number of fused-ring (bicyclic) bond motifs is 1. The van der Waals surface area contributed by atoms with E-state index in [1.165, 1.54) is 0 Å². The van der Waals surface area contributed by atoms with Gasteiger partial charge in [0.2, 0.25) is 0 Å². The maximum atomic E-state index is 11.7. The van der Waals surface area contributed by atoms with Gasteiger partial charge in [0.25, 0.3) is 0 Å². The third-order valence-electron chi connectivity index (χ3n) is 2.59. The standard InChI is InChI=1S/C14H18N2O2S/c1-9(2)8-18-13(17)7-10-4-5-11-12(6-10)19-14(15-3)16-11/h4-6,9H,7-8H2,1-3H3,(H,15,16). The van der Waals surface area contributed by atoms with E-state index in [-0.39, 0.29) is 5.97 Å². The van der Waals surface area contributed by atoms with Crippen LogP contribution in [0.5, 0.6) is 0 Å². The first-order valence-electron chi connectivity index (χ1n) is 6.31. The number of nitrogens with zero attached hydrogens (tertiary/aromatic N) is 1. The van der Waals surface area contributed by atoms with Crippen molar-refractivity contribution in [3.63, 3.8) is 0 Å². The molecule has 2 aromatic rings. The predicted octanol–water partition coefficient (Wildman–Crippen LogP) is 3.08. The quantitative estimate of drug-likeness (QED) is 0.854. The van der Waals surface area contributed by atoms with Gasteiger partial charge in [0.05, 0.1) is 23.2 Å². The van der Waals surface area contributed by atoms with E-state index >= 15 is 0 Å². The second-order valence-corrected chi connectivity index (χ2v) is 5.86. The van der Waals surface area contributed by atoms with Gasteiger partial charge < -0.3 is 10.1 Å². The molecule has 19 heavy (non-hydrogen) atoms. The SMILES string of the molecule is CNc1nc2ccc(CC(=O)OCC(C)C)cc2s1. The van der Waals surface area contributed by atoms with Crippen molar-refractivity contribution in [2.24, 2.45) is 5.92 Å². The van der Waals surface area contributed by atoms with E-state index < -0.39 is 0 Å². The molecule has 102 valence electrons. The Balaban J connectivity index is 2.06. The third-order valence-corrected chi connectivity index (χ3v) is 3.63. The number of carbonyl (C=O) groups is 1. The number of anilines is 1. The van der Waals surface area contributed by atoms with Crippen molar-refractivity contribution in [3.05, 3.63) is 23.8 Å². The summed E-state index contributed by atoms with van der Waals surface area (Å²) < 4.78 is 6.26. The molecule has 0 bridgehead atoms. The Bertz CT molecular complexity index is 578. The van der Waals surface area contributed by atoms with E-state index in [2.05, 4.69) is 10.3 Å². The maximum absolute atomic E-state index is 11.7. The van der Waals surface area contributed by atoms with Gasteiger partial charge in [-0.3, -0.25) is 4.79 Å². The molecule has 5 heteroatoms. The lowest BCUT2D eigenvalue weighted by molar-refractivity contribution is -0.143. The number of benzene rings is 1. The molecule has 1 aromatic carbocycles. The molecule has 2 rings (SSSR count). The molecular weight excluding hydrogens is 260 g/mol. The van der Waals surface area contributed by atoms with Gasteiger partial charge >= 0.3 is 5.97 Å². The molecule has 0 radical (unpaired) electrons. The molecule has 1 heterocycles. The summed E-state index contributed by atoms with van der Waals surface area (Å²) in [5.41, 5.74) is 1.92. The lowest BCUT2D eigenvalue weighted by Crippen LogP contribution is -2.12. The Hall–Kier alpha value is -1.62. The molecule has 0 saturated carbocycles. The number of hydrogen-bond donors (Lipinski definition) is 1. The van der Waals surface area contributed by atoms with Gasteiger partial charge in [0.1, 0.15) is 0 Å². The first-order chi connectivity index (χ1) is 9.08. The summed E-state index contributed by atoms with van der Waals surface area (Å²) >= 11 is 1.58. The van der Waals surface area contributed by atoms with Crippen molar-refractivity contribution in [3.8, 4) is 0 Å². The molecule has 0 aliphatic heterocycles. The molecular formula is C14H18N2O2S. The Labute approximate surface area is 116 Å². The minimum Gasteiger partial charge on any atom is -0.465 e. The van der Waals surface area contributed by atoms with E-state index in [0.717, 1.165) is 20.9 Å². The Morgan fingerprint density at radius 2 is 2.26 bits per heavy atom. The van der Waals surface area contributed by atoms with Crippen LogP contribution in [0.4, 0.5) is 5.13 Å². The van der Waals surface area contributed by atoms with E-state index in [0.29, 0.717) is 18.9 Å². The van der Waals surface area contributed by atoms with Crippen LogP contribution in [0, 0.1) is 5.92 Å². The minimum absolute atomic E-state index is 0.175. The zero-order valence-corrected chi connectivity index (χ0v) is 12.2. The summed E-state index contributed by atoms with van der Waals surface area (Å²) in [5, 5.41) is 3.91. The van der Waals surface area contributed by atoms with E-state index in [1.807, 2.05) is 39.1 Å². The number of carbonyl (C=O) groups excluding carboxylic acids is 1. The number of esters is 1. The van der Waals surface area contributed by atoms with Gasteiger partial charge in [-0.25, -0.2) is 4.98 Å². The van der Waals surface area contributed by atoms with Gasteiger partial charge in [-0.05, 0) is 23.6 Å². The van der Waals surface area contributed by atoms with Crippen molar-refractivity contribution >= 4 is 32.7 Å². The fourth-order valence-corrected chi connectivity index (χ4v) is 2.55. The van der Waals surface area contributed by atoms with Crippen LogP contribution in [-0.4, -0.2) is 24.6 Å². The largest absolute Gasteiger partial charge is 0.465 e. The Morgan fingerprint density at radius 1 is 1.47 bits per heavy atom. The van der Waals surface area contributed by atoms with Crippen LogP contribution in [0.25, 0.3) is 10.2 Å². The molecule has 0 spiro atoms. The van der Waals surface area contributed by atoms with Crippen LogP contribution >= 0.6 is 11.3 Å². The van der Waals surface area contributed by atoms with Gasteiger partial charge in [0, 0.05) is 7.05 Å². The number of thiazole rings is 1. The number of aromatic nitrogens is 1. The van der Waals surface area contributed by atoms with Crippen LogP contribution in [0.2, 0.25) is 0 Å². The first-order valence-corrected chi connectivity index (χ1v) is 7.13. The topological polar surface area (TPSA) is 51.2 Å². The van der Waals surface area contributed by atoms with Crippen LogP contribution in [0.3, 0.4) is 0 Å². The molecule has 0 fully saturated rings. The highest BCUT2D eigenvalue weighted by Crippen LogP contribution is 2.26. The molecule has 0 unspecified atom stereocenters. The lowest BCUT2D eigenvalue weighted by atomic mass is 10.1. The summed E-state index contributed by atoms with van der Waals surface area (Å²) in [6.07, 6.45) is 0.315. The highest BCUT2D eigenvalue weighted by atomic mass is 32.1. The molecule has 0 aliphatic rings. The van der Waals surface area contributed by atoms with Gasteiger partial charge in [-0.2, -0.15) is 0 Å². The molecule has 1 N–H and O–H groups in total. The number of hydrogen-bond acceptors (Lipinski definition) is 5. The van der Waals surface area contributed by atoms with Crippen LogP contribution in [0.15, 0.2) is 18.2 Å². The van der Waals surface area contributed by atoms with Crippen LogP contribution in [0.1, 0.15) is 19.4 Å². The smallest absolute Gasteiger partial charge is 0.310 e. The van der Waals surface area contributed by atoms with E-state index in [9.17, 15) is 4.79 Å².